The number of benzene rings is 2. The molecule has 2 aromatic carbocycles. The number of rotatable bonds is 6. The van der Waals surface area contributed by atoms with Crippen molar-refractivity contribution in [1.29, 1.82) is 0 Å². The van der Waals surface area contributed by atoms with Gasteiger partial charge in [-0.15, -0.1) is 0 Å². The van der Waals surface area contributed by atoms with Gasteiger partial charge in [0.15, 0.2) is 6.29 Å². The molecule has 1 unspecified atom stereocenters. The Bertz CT molecular complexity index is 753. The summed E-state index contributed by atoms with van der Waals surface area (Å²) in [7, 11) is 0. The molecule has 3 nitrogen and oxygen atoms in total. The van der Waals surface area contributed by atoms with Crippen LogP contribution in [0.15, 0.2) is 40.9 Å². The zero-order valence-electron chi connectivity index (χ0n) is 15.0. The van der Waals surface area contributed by atoms with E-state index in [4.69, 9.17) is 14.2 Å². The van der Waals surface area contributed by atoms with Gasteiger partial charge in [0.05, 0.1) is 13.2 Å². The molecule has 1 fully saturated rings. The second-order valence-corrected chi connectivity index (χ2v) is 7.91. The summed E-state index contributed by atoms with van der Waals surface area (Å²) in [4.78, 5) is 0. The maximum absolute atomic E-state index is 5.94. The van der Waals surface area contributed by atoms with Crippen LogP contribution in [-0.4, -0.2) is 26.1 Å². The maximum Gasteiger partial charge on any atom is 0.157 e. The van der Waals surface area contributed by atoms with Crippen molar-refractivity contribution >= 4 is 15.9 Å². The number of halogens is 1. The quantitative estimate of drug-likeness (QED) is 0.579. The van der Waals surface area contributed by atoms with E-state index in [-0.39, 0.29) is 6.29 Å². The Morgan fingerprint density at radius 1 is 0.962 bits per heavy atom. The van der Waals surface area contributed by atoms with E-state index in [2.05, 4.69) is 52.3 Å². The van der Waals surface area contributed by atoms with Gasteiger partial charge >= 0.3 is 0 Å². The third kappa shape index (κ3) is 4.30. The lowest BCUT2D eigenvalue weighted by molar-refractivity contribution is -0.163. The summed E-state index contributed by atoms with van der Waals surface area (Å²) in [6, 6.07) is 13.0. The highest BCUT2D eigenvalue weighted by molar-refractivity contribution is 9.10. The zero-order chi connectivity index (χ0) is 17.8. The first-order valence-electron chi connectivity index (χ1n) is 9.57. The lowest BCUT2D eigenvalue weighted by atomic mass is 9.85. The summed E-state index contributed by atoms with van der Waals surface area (Å²) in [5.74, 6) is 0.957. The van der Waals surface area contributed by atoms with E-state index < -0.39 is 0 Å². The molecule has 1 atom stereocenters. The molecule has 1 saturated heterocycles. The second-order valence-electron chi connectivity index (χ2n) is 6.99. The Hall–Kier alpha value is -1.36. The van der Waals surface area contributed by atoms with Crippen molar-refractivity contribution in [1.82, 2.24) is 0 Å². The van der Waals surface area contributed by atoms with Gasteiger partial charge in [0, 0.05) is 17.5 Å². The van der Waals surface area contributed by atoms with Gasteiger partial charge in [-0.1, -0.05) is 28.1 Å². The van der Waals surface area contributed by atoms with Crippen LogP contribution >= 0.6 is 15.9 Å². The van der Waals surface area contributed by atoms with Gasteiger partial charge in [0.25, 0.3) is 0 Å². The van der Waals surface area contributed by atoms with Crippen LogP contribution < -0.4 is 4.74 Å². The third-order valence-electron chi connectivity index (χ3n) is 5.10. The smallest absolute Gasteiger partial charge is 0.157 e. The van der Waals surface area contributed by atoms with E-state index >= 15 is 0 Å². The minimum atomic E-state index is -0.00685. The fraction of sp³-hybridized carbons (Fsp3) is 0.455. The normalized spacial score (nSPS) is 18.9. The summed E-state index contributed by atoms with van der Waals surface area (Å²) in [5.41, 5.74) is 5.48. The Morgan fingerprint density at radius 3 is 2.58 bits per heavy atom. The van der Waals surface area contributed by atoms with Crippen molar-refractivity contribution in [2.45, 2.75) is 44.8 Å². The molecule has 0 amide bonds. The van der Waals surface area contributed by atoms with Crippen LogP contribution in [0.4, 0.5) is 0 Å². The van der Waals surface area contributed by atoms with E-state index in [1.165, 1.54) is 28.7 Å². The van der Waals surface area contributed by atoms with Gasteiger partial charge in [-0.05, 0) is 78.6 Å². The van der Waals surface area contributed by atoms with Crippen molar-refractivity contribution in [2.75, 3.05) is 19.8 Å². The van der Waals surface area contributed by atoms with E-state index in [0.29, 0.717) is 13.2 Å². The Labute approximate surface area is 163 Å². The van der Waals surface area contributed by atoms with Crippen LogP contribution in [0.25, 0.3) is 11.1 Å². The molecule has 0 spiro atoms. The second kappa shape index (κ2) is 8.55. The standard InChI is InChI=1S/C22H25BrO3/c23-18-7-9-20-16(14-18)5-6-17-15-19(8-10-21(17)20)24-12-3-13-26-22-4-1-2-11-25-22/h7-10,14-15,22H,1-6,11-13H2. The molecule has 2 aromatic rings. The van der Waals surface area contributed by atoms with Crippen molar-refractivity contribution in [2.24, 2.45) is 0 Å². The van der Waals surface area contributed by atoms with Gasteiger partial charge in [0.1, 0.15) is 5.75 Å². The summed E-state index contributed by atoms with van der Waals surface area (Å²) in [5, 5.41) is 0. The molecule has 1 heterocycles. The highest BCUT2D eigenvalue weighted by Gasteiger charge is 2.17. The maximum atomic E-state index is 5.94. The monoisotopic (exact) mass is 416 g/mol. The molecule has 4 heteroatoms. The fourth-order valence-electron chi connectivity index (χ4n) is 3.74. The van der Waals surface area contributed by atoms with Gasteiger partial charge < -0.3 is 14.2 Å². The molecule has 0 saturated carbocycles. The number of fused-ring (bicyclic) bond motifs is 3. The third-order valence-corrected chi connectivity index (χ3v) is 5.59. The van der Waals surface area contributed by atoms with E-state index in [9.17, 15) is 0 Å². The molecule has 0 aromatic heterocycles. The van der Waals surface area contributed by atoms with E-state index in [1.54, 1.807) is 0 Å². The van der Waals surface area contributed by atoms with Crippen LogP contribution in [0.1, 0.15) is 36.8 Å². The SMILES string of the molecule is Brc1ccc2c(c1)CCc1cc(OCCCOC3CCCCO3)ccc1-2. The Kier molecular flexibility index (Phi) is 5.93. The van der Waals surface area contributed by atoms with Gasteiger partial charge in [-0.2, -0.15) is 0 Å². The number of ether oxygens (including phenoxy) is 3. The number of aryl methyl sites for hydroxylation is 2. The summed E-state index contributed by atoms with van der Waals surface area (Å²) < 4.78 is 18.4. The van der Waals surface area contributed by atoms with Crippen LogP contribution in [-0.2, 0) is 22.3 Å². The highest BCUT2D eigenvalue weighted by atomic mass is 79.9. The first-order chi connectivity index (χ1) is 12.8. The van der Waals surface area contributed by atoms with Crippen molar-refractivity contribution in [3.05, 3.63) is 52.0 Å². The average Bonchev–Trinajstić information content (AvgIpc) is 2.68. The average molecular weight is 417 g/mol. The molecule has 0 bridgehead atoms. The van der Waals surface area contributed by atoms with E-state index in [0.717, 1.165) is 48.9 Å². The first kappa shape index (κ1) is 18.0. The first-order valence-corrected chi connectivity index (χ1v) is 10.4. The van der Waals surface area contributed by atoms with Crippen LogP contribution in [0, 0.1) is 0 Å². The van der Waals surface area contributed by atoms with Gasteiger partial charge in [-0.25, -0.2) is 0 Å². The Morgan fingerprint density at radius 2 is 1.77 bits per heavy atom. The molecular weight excluding hydrogens is 392 g/mol. The van der Waals surface area contributed by atoms with Crippen molar-refractivity contribution in [3.63, 3.8) is 0 Å². The van der Waals surface area contributed by atoms with Crippen molar-refractivity contribution < 1.29 is 14.2 Å². The lowest BCUT2D eigenvalue weighted by Gasteiger charge is -2.22. The lowest BCUT2D eigenvalue weighted by Crippen LogP contribution is -2.23. The number of hydrogen-bond donors (Lipinski definition) is 0. The molecule has 2 aliphatic rings. The summed E-state index contributed by atoms with van der Waals surface area (Å²) >= 11 is 3.57. The number of hydrogen-bond acceptors (Lipinski definition) is 3. The van der Waals surface area contributed by atoms with Gasteiger partial charge in [-0.3, -0.25) is 0 Å². The zero-order valence-corrected chi connectivity index (χ0v) is 16.6. The topological polar surface area (TPSA) is 27.7 Å². The summed E-state index contributed by atoms with van der Waals surface area (Å²) in [6.07, 6.45) is 6.41. The molecule has 4 rings (SSSR count). The molecule has 138 valence electrons. The predicted molar refractivity (Wildman–Crippen MR) is 107 cm³/mol. The summed E-state index contributed by atoms with van der Waals surface area (Å²) in [6.45, 7) is 2.20. The van der Waals surface area contributed by atoms with E-state index in [1.807, 2.05) is 0 Å². The molecule has 0 radical (unpaired) electrons. The predicted octanol–water partition coefficient (Wildman–Crippen LogP) is 5.53. The van der Waals surface area contributed by atoms with Crippen molar-refractivity contribution in [3.8, 4) is 16.9 Å². The molecule has 1 aliphatic carbocycles. The molecular formula is C22H25BrO3. The minimum absolute atomic E-state index is 0.00685. The van der Waals surface area contributed by atoms with Crippen LogP contribution in [0.3, 0.4) is 0 Å². The molecule has 26 heavy (non-hydrogen) atoms. The van der Waals surface area contributed by atoms with Crippen LogP contribution in [0.2, 0.25) is 0 Å². The largest absolute Gasteiger partial charge is 0.493 e. The fourth-order valence-corrected chi connectivity index (χ4v) is 4.15. The highest BCUT2D eigenvalue weighted by Crippen LogP contribution is 2.36. The van der Waals surface area contributed by atoms with Gasteiger partial charge in [0.2, 0.25) is 0 Å². The Balaban J connectivity index is 1.30. The van der Waals surface area contributed by atoms with Crippen LogP contribution in [0.5, 0.6) is 5.75 Å². The molecule has 1 aliphatic heterocycles. The molecule has 0 N–H and O–H groups in total. The minimum Gasteiger partial charge on any atom is -0.493 e.